The van der Waals surface area contributed by atoms with E-state index in [1.807, 2.05) is 37.3 Å². The second-order valence-corrected chi connectivity index (χ2v) is 7.07. The molecule has 0 aliphatic heterocycles. The third kappa shape index (κ3) is 6.25. The summed E-state index contributed by atoms with van der Waals surface area (Å²) in [6.07, 6.45) is 2.45. The van der Waals surface area contributed by atoms with Crippen molar-refractivity contribution in [2.75, 3.05) is 27.3 Å². The zero-order chi connectivity index (χ0) is 22.1. The number of rotatable bonds is 9. The lowest BCUT2D eigenvalue weighted by molar-refractivity contribution is 0.354. The average molecular weight is 423 g/mol. The zero-order valence-corrected chi connectivity index (χ0v) is 18.6. The molecule has 7 nitrogen and oxygen atoms in total. The number of methoxy groups -OCH3 is 2. The predicted molar refractivity (Wildman–Crippen MR) is 123 cm³/mol. The normalized spacial score (nSPS) is 11.3. The van der Waals surface area contributed by atoms with E-state index in [1.54, 1.807) is 20.5 Å². The van der Waals surface area contributed by atoms with Gasteiger partial charge in [0.15, 0.2) is 17.5 Å². The maximum absolute atomic E-state index is 5.63. The summed E-state index contributed by atoms with van der Waals surface area (Å²) in [7, 11) is 3.26. The minimum absolute atomic E-state index is 0.525. The van der Waals surface area contributed by atoms with Crippen molar-refractivity contribution in [1.29, 1.82) is 0 Å². The highest BCUT2D eigenvalue weighted by atomic mass is 16.5. The first-order valence-corrected chi connectivity index (χ1v) is 10.4. The largest absolute Gasteiger partial charge is 0.493 e. The Balaban J connectivity index is 1.56. The van der Waals surface area contributed by atoms with Gasteiger partial charge >= 0.3 is 0 Å². The molecule has 0 aliphatic rings. The molecule has 1 heterocycles. The van der Waals surface area contributed by atoms with E-state index in [-0.39, 0.29) is 0 Å². The van der Waals surface area contributed by atoms with Gasteiger partial charge in [-0.05, 0) is 43.7 Å². The summed E-state index contributed by atoms with van der Waals surface area (Å²) >= 11 is 0. The summed E-state index contributed by atoms with van der Waals surface area (Å²) in [6.45, 7) is 6.10. The Morgan fingerprint density at radius 2 is 1.81 bits per heavy atom. The minimum Gasteiger partial charge on any atom is -0.493 e. The van der Waals surface area contributed by atoms with Gasteiger partial charge in [-0.2, -0.15) is 0 Å². The van der Waals surface area contributed by atoms with Crippen LogP contribution in [0.25, 0.3) is 11.5 Å². The van der Waals surface area contributed by atoms with E-state index in [0.717, 1.165) is 35.7 Å². The molecular weight excluding hydrogens is 392 g/mol. The zero-order valence-electron chi connectivity index (χ0n) is 18.6. The third-order valence-corrected chi connectivity index (χ3v) is 4.74. The van der Waals surface area contributed by atoms with Crippen LogP contribution in [0.1, 0.15) is 23.7 Å². The average Bonchev–Trinajstić information content (AvgIpc) is 3.26. The molecule has 0 saturated carbocycles. The summed E-state index contributed by atoms with van der Waals surface area (Å²) in [5.41, 5.74) is 4.13. The number of hydrogen-bond donors (Lipinski definition) is 2. The molecule has 2 N–H and O–H groups in total. The smallest absolute Gasteiger partial charge is 0.226 e. The maximum atomic E-state index is 5.63. The predicted octanol–water partition coefficient (Wildman–Crippen LogP) is 3.97. The van der Waals surface area contributed by atoms with Crippen LogP contribution >= 0.6 is 0 Å². The number of aryl methyl sites for hydroxylation is 1. The summed E-state index contributed by atoms with van der Waals surface area (Å²) in [5, 5.41) is 6.61. The highest BCUT2D eigenvalue weighted by molar-refractivity contribution is 5.79. The molecule has 0 atom stereocenters. The van der Waals surface area contributed by atoms with Crippen LogP contribution in [0.3, 0.4) is 0 Å². The highest BCUT2D eigenvalue weighted by Gasteiger charge is 2.08. The summed E-state index contributed by atoms with van der Waals surface area (Å²) < 4.78 is 16.3. The van der Waals surface area contributed by atoms with E-state index in [1.165, 1.54) is 5.56 Å². The second-order valence-electron chi connectivity index (χ2n) is 7.07. The van der Waals surface area contributed by atoms with Crippen molar-refractivity contribution < 1.29 is 13.9 Å². The number of hydrogen-bond acceptors (Lipinski definition) is 5. The van der Waals surface area contributed by atoms with Crippen LogP contribution in [-0.2, 0) is 13.0 Å². The van der Waals surface area contributed by atoms with Crippen molar-refractivity contribution in [3.63, 3.8) is 0 Å². The third-order valence-electron chi connectivity index (χ3n) is 4.74. The molecule has 0 amide bonds. The van der Waals surface area contributed by atoms with E-state index in [9.17, 15) is 0 Å². The molecule has 0 unspecified atom stereocenters. The van der Waals surface area contributed by atoms with Crippen molar-refractivity contribution in [1.82, 2.24) is 15.6 Å². The molecule has 0 aliphatic carbocycles. The Labute approximate surface area is 183 Å². The number of nitrogens with zero attached hydrogens (tertiary/aromatic N) is 2. The highest BCUT2D eigenvalue weighted by Crippen LogP contribution is 2.27. The Kier molecular flexibility index (Phi) is 7.92. The molecule has 0 bridgehead atoms. The van der Waals surface area contributed by atoms with Gasteiger partial charge in [0, 0.05) is 25.1 Å². The molecular formula is C24H30N4O3. The van der Waals surface area contributed by atoms with E-state index >= 15 is 0 Å². The summed E-state index contributed by atoms with van der Waals surface area (Å²) in [4.78, 5) is 9.25. The van der Waals surface area contributed by atoms with Gasteiger partial charge in [0.1, 0.15) is 6.26 Å². The van der Waals surface area contributed by atoms with Crippen molar-refractivity contribution in [2.24, 2.45) is 4.99 Å². The van der Waals surface area contributed by atoms with Crippen LogP contribution in [0.5, 0.6) is 11.5 Å². The maximum Gasteiger partial charge on any atom is 0.226 e. The lowest BCUT2D eigenvalue weighted by Crippen LogP contribution is -2.38. The van der Waals surface area contributed by atoms with E-state index < -0.39 is 0 Å². The van der Waals surface area contributed by atoms with E-state index in [2.05, 4.69) is 39.7 Å². The topological polar surface area (TPSA) is 80.9 Å². The van der Waals surface area contributed by atoms with Gasteiger partial charge in [-0.15, -0.1) is 0 Å². The van der Waals surface area contributed by atoms with Crippen LogP contribution in [0.15, 0.2) is 58.1 Å². The molecule has 7 heteroatoms. The SMILES string of the molecule is CCNC(=NCc1ccc(OC)c(OC)c1)NCCc1coc(-c2ccc(C)cc2)n1. The van der Waals surface area contributed by atoms with Gasteiger partial charge in [-0.25, -0.2) is 9.98 Å². The molecule has 0 spiro atoms. The first kappa shape index (κ1) is 22.2. The molecule has 31 heavy (non-hydrogen) atoms. The van der Waals surface area contributed by atoms with Gasteiger partial charge in [-0.3, -0.25) is 0 Å². The van der Waals surface area contributed by atoms with Gasteiger partial charge in [0.05, 0.1) is 26.5 Å². The monoisotopic (exact) mass is 422 g/mol. The van der Waals surface area contributed by atoms with Gasteiger partial charge in [-0.1, -0.05) is 23.8 Å². The Bertz CT molecular complexity index is 996. The minimum atomic E-state index is 0.525. The molecule has 0 fully saturated rings. The van der Waals surface area contributed by atoms with E-state index in [4.69, 9.17) is 13.9 Å². The van der Waals surface area contributed by atoms with Crippen LogP contribution in [0.4, 0.5) is 0 Å². The molecule has 1 aromatic heterocycles. The van der Waals surface area contributed by atoms with Crippen molar-refractivity contribution in [3.05, 3.63) is 65.5 Å². The van der Waals surface area contributed by atoms with Crippen LogP contribution in [0, 0.1) is 6.92 Å². The standard InChI is InChI=1S/C24H30N4O3/c1-5-25-24(27-15-18-8-11-21(29-3)22(14-18)30-4)26-13-12-20-16-31-23(28-20)19-9-6-17(2)7-10-19/h6-11,14,16H,5,12-13,15H2,1-4H3,(H2,25,26,27). The van der Waals surface area contributed by atoms with E-state index in [0.29, 0.717) is 30.5 Å². The van der Waals surface area contributed by atoms with Crippen LogP contribution in [-0.4, -0.2) is 38.3 Å². The first-order valence-electron chi connectivity index (χ1n) is 10.4. The summed E-state index contributed by atoms with van der Waals surface area (Å²) in [6, 6.07) is 14.0. The number of nitrogens with one attached hydrogen (secondary N) is 2. The molecule has 0 saturated heterocycles. The molecule has 3 rings (SSSR count). The van der Waals surface area contributed by atoms with Gasteiger partial charge < -0.3 is 24.5 Å². The number of guanidine groups is 1. The Hall–Kier alpha value is -3.48. The first-order chi connectivity index (χ1) is 15.1. The summed E-state index contributed by atoms with van der Waals surface area (Å²) in [5.74, 6) is 2.80. The van der Waals surface area contributed by atoms with Crippen molar-refractivity contribution in [3.8, 4) is 23.0 Å². The van der Waals surface area contributed by atoms with Crippen molar-refractivity contribution >= 4 is 5.96 Å². The van der Waals surface area contributed by atoms with Gasteiger partial charge in [0.2, 0.25) is 5.89 Å². The number of aromatic nitrogens is 1. The number of benzene rings is 2. The number of ether oxygens (including phenoxy) is 2. The molecule has 2 aromatic carbocycles. The Morgan fingerprint density at radius 1 is 1.03 bits per heavy atom. The lowest BCUT2D eigenvalue weighted by atomic mass is 10.1. The van der Waals surface area contributed by atoms with Gasteiger partial charge in [0.25, 0.3) is 0 Å². The number of aliphatic imine (C=N–C) groups is 1. The number of oxazole rings is 1. The lowest BCUT2D eigenvalue weighted by Gasteiger charge is -2.11. The fourth-order valence-electron chi connectivity index (χ4n) is 3.05. The van der Waals surface area contributed by atoms with Crippen LogP contribution in [0.2, 0.25) is 0 Å². The second kappa shape index (κ2) is 11.1. The fourth-order valence-corrected chi connectivity index (χ4v) is 3.05. The molecule has 164 valence electrons. The fraction of sp³-hybridized carbons (Fsp3) is 0.333. The Morgan fingerprint density at radius 3 is 2.52 bits per heavy atom. The van der Waals surface area contributed by atoms with Crippen molar-refractivity contribution in [2.45, 2.75) is 26.8 Å². The quantitative estimate of drug-likeness (QED) is 0.401. The molecule has 0 radical (unpaired) electrons. The van der Waals surface area contributed by atoms with Crippen LogP contribution < -0.4 is 20.1 Å². The molecule has 3 aromatic rings.